The molecule has 0 radical (unpaired) electrons. The molecule has 1 atom stereocenters. The first-order valence-electron chi connectivity index (χ1n) is 4.10. The number of hydrogen-bond donors (Lipinski definition) is 3. The number of amides is 2. The molecule has 2 amide bonds. The smallest absolute Gasteiger partial charge is 0.323 e. The van der Waals surface area contributed by atoms with E-state index in [1.807, 2.05) is 27.7 Å². The van der Waals surface area contributed by atoms with E-state index in [1.54, 1.807) is 5.43 Å². The van der Waals surface area contributed by atoms with Gasteiger partial charge in [-0.25, -0.2) is 5.84 Å². The van der Waals surface area contributed by atoms with Crippen LogP contribution in [0.3, 0.4) is 0 Å². The number of carbonyl (C=O) groups is 2. The maximum absolute atomic E-state index is 11.0. The Morgan fingerprint density at radius 2 is 1.69 bits per heavy atom. The van der Waals surface area contributed by atoms with Gasteiger partial charge in [-0.15, -0.1) is 0 Å². The first-order chi connectivity index (χ1) is 5.79. The van der Waals surface area contributed by atoms with Gasteiger partial charge in [0, 0.05) is 6.04 Å². The summed E-state index contributed by atoms with van der Waals surface area (Å²) in [5.41, 5.74) is 1.69. The summed E-state index contributed by atoms with van der Waals surface area (Å²) >= 11 is 0. The fraction of sp³-hybridized carbons (Fsp3) is 0.750. The van der Waals surface area contributed by atoms with Crippen LogP contribution in [0.15, 0.2) is 0 Å². The van der Waals surface area contributed by atoms with E-state index in [4.69, 9.17) is 5.84 Å². The zero-order valence-electron chi connectivity index (χ0n) is 8.47. The molecule has 0 aromatic heterocycles. The van der Waals surface area contributed by atoms with Gasteiger partial charge in [0.1, 0.15) is 0 Å². The van der Waals surface area contributed by atoms with Gasteiger partial charge in [-0.3, -0.25) is 15.0 Å². The standard InChI is InChI=1S/C8H17N3O2/c1-5(8(2,3)4)10-6(12)7(13)11-9/h5H,9H2,1-4H3,(H,10,12)(H,11,13). The molecule has 0 aromatic carbocycles. The van der Waals surface area contributed by atoms with Crippen LogP contribution >= 0.6 is 0 Å². The Kier molecular flexibility index (Phi) is 3.87. The molecule has 5 heteroatoms. The van der Waals surface area contributed by atoms with Gasteiger partial charge in [0.15, 0.2) is 0 Å². The lowest BCUT2D eigenvalue weighted by Gasteiger charge is -2.27. The van der Waals surface area contributed by atoms with Crippen molar-refractivity contribution in [3.8, 4) is 0 Å². The molecule has 0 saturated carbocycles. The Hall–Kier alpha value is -1.10. The SMILES string of the molecule is CC(NC(=O)C(=O)NN)C(C)(C)C. The van der Waals surface area contributed by atoms with Crippen molar-refractivity contribution >= 4 is 11.8 Å². The average Bonchev–Trinajstić information content (AvgIpc) is 2.01. The molecule has 4 N–H and O–H groups in total. The molecular formula is C8H17N3O2. The Morgan fingerprint density at radius 1 is 1.23 bits per heavy atom. The van der Waals surface area contributed by atoms with Crippen LogP contribution in [0.25, 0.3) is 0 Å². The molecule has 13 heavy (non-hydrogen) atoms. The van der Waals surface area contributed by atoms with Gasteiger partial charge < -0.3 is 5.32 Å². The second-order valence-electron chi connectivity index (χ2n) is 4.03. The maximum Gasteiger partial charge on any atom is 0.323 e. The minimum Gasteiger partial charge on any atom is -0.345 e. The number of rotatable bonds is 1. The third-order valence-corrected chi connectivity index (χ3v) is 1.98. The Morgan fingerprint density at radius 3 is 2.00 bits per heavy atom. The number of hydrazine groups is 1. The summed E-state index contributed by atoms with van der Waals surface area (Å²) < 4.78 is 0. The van der Waals surface area contributed by atoms with Gasteiger partial charge >= 0.3 is 11.8 Å². The molecule has 0 aromatic rings. The van der Waals surface area contributed by atoms with Gasteiger partial charge in [0.2, 0.25) is 0 Å². The Labute approximate surface area is 78.0 Å². The van der Waals surface area contributed by atoms with Crippen LogP contribution in [0.4, 0.5) is 0 Å². The van der Waals surface area contributed by atoms with Crippen molar-refractivity contribution in [2.45, 2.75) is 33.7 Å². The summed E-state index contributed by atoms with van der Waals surface area (Å²) in [6, 6.07) is -0.0858. The van der Waals surface area contributed by atoms with E-state index in [9.17, 15) is 9.59 Å². The van der Waals surface area contributed by atoms with Crippen molar-refractivity contribution in [1.82, 2.24) is 10.7 Å². The van der Waals surface area contributed by atoms with Gasteiger partial charge in [0.25, 0.3) is 0 Å². The second kappa shape index (κ2) is 4.23. The van der Waals surface area contributed by atoms with Crippen molar-refractivity contribution in [3.63, 3.8) is 0 Å². The molecule has 0 saturated heterocycles. The minimum atomic E-state index is -0.823. The van der Waals surface area contributed by atoms with Crippen molar-refractivity contribution in [1.29, 1.82) is 0 Å². The zero-order valence-corrected chi connectivity index (χ0v) is 8.47. The normalized spacial score (nSPS) is 13.3. The predicted molar refractivity (Wildman–Crippen MR) is 49.4 cm³/mol. The highest BCUT2D eigenvalue weighted by atomic mass is 16.2. The van der Waals surface area contributed by atoms with E-state index < -0.39 is 11.8 Å². The van der Waals surface area contributed by atoms with Crippen molar-refractivity contribution in [2.75, 3.05) is 0 Å². The van der Waals surface area contributed by atoms with Crippen LogP contribution in [0.5, 0.6) is 0 Å². The average molecular weight is 187 g/mol. The topological polar surface area (TPSA) is 84.2 Å². The molecule has 0 heterocycles. The van der Waals surface area contributed by atoms with Crippen LogP contribution in [0.1, 0.15) is 27.7 Å². The van der Waals surface area contributed by atoms with E-state index in [2.05, 4.69) is 5.32 Å². The van der Waals surface area contributed by atoms with Gasteiger partial charge in [-0.1, -0.05) is 20.8 Å². The molecule has 0 spiro atoms. The van der Waals surface area contributed by atoms with Gasteiger partial charge in [-0.2, -0.15) is 0 Å². The second-order valence-corrected chi connectivity index (χ2v) is 4.03. The molecule has 5 nitrogen and oxygen atoms in total. The van der Waals surface area contributed by atoms with Crippen molar-refractivity contribution in [3.05, 3.63) is 0 Å². The fourth-order valence-corrected chi connectivity index (χ4v) is 0.544. The van der Waals surface area contributed by atoms with E-state index in [-0.39, 0.29) is 11.5 Å². The number of nitrogens with two attached hydrogens (primary N) is 1. The highest BCUT2D eigenvalue weighted by molar-refractivity contribution is 6.34. The molecule has 0 fully saturated rings. The summed E-state index contributed by atoms with van der Waals surface area (Å²) in [5.74, 6) is 3.27. The van der Waals surface area contributed by atoms with Crippen LogP contribution < -0.4 is 16.6 Å². The summed E-state index contributed by atoms with van der Waals surface area (Å²) in [7, 11) is 0. The molecule has 0 aliphatic heterocycles. The zero-order chi connectivity index (χ0) is 10.6. The van der Waals surface area contributed by atoms with Gasteiger partial charge in [-0.05, 0) is 12.3 Å². The monoisotopic (exact) mass is 187 g/mol. The number of nitrogens with one attached hydrogen (secondary N) is 2. The largest absolute Gasteiger partial charge is 0.345 e. The number of carbonyl (C=O) groups excluding carboxylic acids is 2. The molecule has 0 bridgehead atoms. The van der Waals surface area contributed by atoms with Crippen molar-refractivity contribution < 1.29 is 9.59 Å². The summed E-state index contributed by atoms with van der Waals surface area (Å²) in [4.78, 5) is 21.8. The van der Waals surface area contributed by atoms with Crippen LogP contribution in [0, 0.1) is 5.41 Å². The molecule has 0 rings (SSSR count). The third-order valence-electron chi connectivity index (χ3n) is 1.98. The highest BCUT2D eigenvalue weighted by Crippen LogP contribution is 2.18. The van der Waals surface area contributed by atoms with Gasteiger partial charge in [0.05, 0.1) is 0 Å². The minimum absolute atomic E-state index is 0.0788. The van der Waals surface area contributed by atoms with E-state index in [0.29, 0.717) is 0 Å². The Bertz CT molecular complexity index is 208. The lowest BCUT2D eigenvalue weighted by Crippen LogP contribution is -2.49. The summed E-state index contributed by atoms with van der Waals surface area (Å²) in [6.07, 6.45) is 0. The summed E-state index contributed by atoms with van der Waals surface area (Å²) in [5, 5.41) is 2.54. The molecular weight excluding hydrogens is 170 g/mol. The fourth-order valence-electron chi connectivity index (χ4n) is 0.544. The van der Waals surface area contributed by atoms with E-state index in [0.717, 1.165) is 0 Å². The van der Waals surface area contributed by atoms with E-state index >= 15 is 0 Å². The lowest BCUT2D eigenvalue weighted by molar-refractivity contribution is -0.140. The highest BCUT2D eigenvalue weighted by Gasteiger charge is 2.23. The summed E-state index contributed by atoms with van der Waals surface area (Å²) in [6.45, 7) is 7.75. The Balaban J connectivity index is 4.15. The molecule has 0 aliphatic rings. The quantitative estimate of drug-likeness (QED) is 0.224. The molecule has 1 unspecified atom stereocenters. The van der Waals surface area contributed by atoms with Crippen LogP contribution in [-0.2, 0) is 9.59 Å². The number of hydrogen-bond acceptors (Lipinski definition) is 3. The van der Waals surface area contributed by atoms with E-state index in [1.165, 1.54) is 0 Å². The first-order valence-corrected chi connectivity index (χ1v) is 4.10. The van der Waals surface area contributed by atoms with Crippen molar-refractivity contribution in [2.24, 2.45) is 11.3 Å². The third kappa shape index (κ3) is 3.89. The predicted octanol–water partition coefficient (Wildman–Crippen LogP) is -0.473. The molecule has 76 valence electrons. The van der Waals surface area contributed by atoms with Crippen LogP contribution in [-0.4, -0.2) is 17.9 Å². The van der Waals surface area contributed by atoms with Crippen LogP contribution in [0.2, 0.25) is 0 Å². The maximum atomic E-state index is 11.0. The first kappa shape index (κ1) is 11.9. The lowest BCUT2D eigenvalue weighted by atomic mass is 9.88. The molecule has 0 aliphatic carbocycles.